The number of allylic oxidation sites excluding steroid dienone is 4. The number of nitrogens with zero attached hydrogens (tertiary/aromatic N) is 6. The molecule has 0 spiro atoms. The standard InChI is InChI=1S/C56H38N6/c1-5-20-37(21-6-1)41-28-19-29-42(36-41)52-58-51(40-26-11-4-12-27-40)61-54(62-52)56-46-33-16-13-30-43(46)55(44-31-14-17-34-47(44)56,45-32-15-18-35-48(45)56)53-59-49(38-22-7-2-8-23-38)57-50(60-53)39-24-9-3-10-25-39/h1-2,4-9,11-36H,3,10H2. The molecule has 2 bridgehead atoms. The molecule has 2 heterocycles. The second kappa shape index (κ2) is 14.4. The minimum atomic E-state index is -0.920. The summed E-state index contributed by atoms with van der Waals surface area (Å²) in [5.74, 6) is 3.87. The van der Waals surface area contributed by atoms with Crippen LogP contribution in [0.5, 0.6) is 0 Å². The molecule has 0 radical (unpaired) electrons. The Balaban J connectivity index is 1.17. The summed E-state index contributed by atoms with van der Waals surface area (Å²) in [6, 6.07) is 65.8. The van der Waals surface area contributed by atoms with Crippen molar-refractivity contribution >= 4 is 5.57 Å². The quantitative estimate of drug-likeness (QED) is 0.160. The average molecular weight is 795 g/mol. The molecule has 62 heavy (non-hydrogen) atoms. The number of benzene rings is 7. The first-order valence-corrected chi connectivity index (χ1v) is 21.2. The van der Waals surface area contributed by atoms with Crippen molar-refractivity contribution in [1.29, 1.82) is 0 Å². The molecule has 0 saturated carbocycles. The van der Waals surface area contributed by atoms with Crippen molar-refractivity contribution < 1.29 is 0 Å². The molecule has 292 valence electrons. The highest BCUT2D eigenvalue weighted by molar-refractivity contribution is 5.82. The summed E-state index contributed by atoms with van der Waals surface area (Å²) in [7, 11) is 0. The fraction of sp³-hybridized carbons (Fsp3) is 0.0714. The van der Waals surface area contributed by atoms with E-state index in [0.717, 1.165) is 79.6 Å². The van der Waals surface area contributed by atoms with Crippen molar-refractivity contribution in [1.82, 2.24) is 29.9 Å². The molecule has 0 atom stereocenters. The molecular formula is C56H38N6. The lowest BCUT2D eigenvalue weighted by Crippen LogP contribution is -2.53. The van der Waals surface area contributed by atoms with Gasteiger partial charge in [-0.25, -0.2) is 29.9 Å². The monoisotopic (exact) mass is 794 g/mol. The van der Waals surface area contributed by atoms with E-state index in [1.165, 1.54) is 0 Å². The van der Waals surface area contributed by atoms with Crippen LogP contribution in [0.15, 0.2) is 206 Å². The molecule has 0 aliphatic heterocycles. The van der Waals surface area contributed by atoms with Gasteiger partial charge in [0.05, 0.1) is 0 Å². The van der Waals surface area contributed by atoms with E-state index in [4.69, 9.17) is 29.9 Å². The highest BCUT2D eigenvalue weighted by Crippen LogP contribution is 2.65. The summed E-state index contributed by atoms with van der Waals surface area (Å²) in [6.07, 6.45) is 8.53. The van der Waals surface area contributed by atoms with E-state index < -0.39 is 10.8 Å². The molecule has 6 nitrogen and oxygen atoms in total. The van der Waals surface area contributed by atoms with E-state index in [1.54, 1.807) is 0 Å². The van der Waals surface area contributed by atoms with E-state index in [2.05, 4.69) is 164 Å². The van der Waals surface area contributed by atoms with Gasteiger partial charge < -0.3 is 0 Å². The van der Waals surface area contributed by atoms with Gasteiger partial charge in [-0.2, -0.15) is 0 Å². The Morgan fingerprint density at radius 2 is 0.677 bits per heavy atom. The number of rotatable bonds is 7. The van der Waals surface area contributed by atoms with Crippen LogP contribution in [0.25, 0.3) is 50.9 Å². The van der Waals surface area contributed by atoms with Gasteiger partial charge in [-0.15, -0.1) is 0 Å². The average Bonchev–Trinajstić information content (AvgIpc) is 3.37. The predicted molar refractivity (Wildman–Crippen MR) is 245 cm³/mol. The van der Waals surface area contributed by atoms with E-state index in [9.17, 15) is 0 Å². The van der Waals surface area contributed by atoms with Gasteiger partial charge in [-0.1, -0.05) is 200 Å². The third-order valence-corrected chi connectivity index (χ3v) is 12.7. The third kappa shape index (κ3) is 5.36. The molecule has 6 heteroatoms. The molecule has 13 rings (SSSR count). The van der Waals surface area contributed by atoms with Crippen LogP contribution in [0.3, 0.4) is 0 Å². The van der Waals surface area contributed by atoms with Gasteiger partial charge in [0.15, 0.2) is 34.9 Å². The maximum atomic E-state index is 5.60. The first kappa shape index (κ1) is 35.9. The molecule has 0 unspecified atom stereocenters. The van der Waals surface area contributed by atoms with Crippen LogP contribution in [-0.4, -0.2) is 29.9 Å². The Morgan fingerprint density at radius 1 is 0.306 bits per heavy atom. The fourth-order valence-corrected chi connectivity index (χ4v) is 10.0. The van der Waals surface area contributed by atoms with Gasteiger partial charge in [-0.3, -0.25) is 0 Å². The molecule has 4 aliphatic carbocycles. The summed E-state index contributed by atoms with van der Waals surface area (Å²) >= 11 is 0. The van der Waals surface area contributed by atoms with Crippen LogP contribution in [0.4, 0.5) is 0 Å². The zero-order chi connectivity index (χ0) is 41.1. The summed E-state index contributed by atoms with van der Waals surface area (Å²) < 4.78 is 0. The Hall–Kier alpha value is -7.96. The summed E-state index contributed by atoms with van der Waals surface area (Å²) in [6.45, 7) is 0. The lowest BCUT2D eigenvalue weighted by Gasteiger charge is -2.55. The molecule has 0 amide bonds. The zero-order valence-corrected chi connectivity index (χ0v) is 33.7. The number of hydrogen-bond acceptors (Lipinski definition) is 6. The van der Waals surface area contributed by atoms with Crippen molar-refractivity contribution in [2.45, 2.75) is 23.7 Å². The maximum Gasteiger partial charge on any atom is 0.163 e. The van der Waals surface area contributed by atoms with Gasteiger partial charge in [-0.05, 0) is 63.4 Å². The molecular weight excluding hydrogens is 757 g/mol. The minimum absolute atomic E-state index is 0.610. The number of hydrogen-bond donors (Lipinski definition) is 0. The smallest absolute Gasteiger partial charge is 0.163 e. The van der Waals surface area contributed by atoms with Crippen LogP contribution in [0.1, 0.15) is 63.7 Å². The normalized spacial score (nSPS) is 18.0. The Bertz CT molecular complexity index is 3130. The maximum absolute atomic E-state index is 5.60. The van der Waals surface area contributed by atoms with Crippen molar-refractivity contribution in [3.8, 4) is 45.3 Å². The van der Waals surface area contributed by atoms with Gasteiger partial charge in [0.25, 0.3) is 0 Å². The van der Waals surface area contributed by atoms with E-state index in [-0.39, 0.29) is 0 Å². The topological polar surface area (TPSA) is 77.3 Å². The molecule has 4 aliphatic rings. The highest BCUT2D eigenvalue weighted by Gasteiger charge is 2.62. The molecule has 0 fully saturated rings. The van der Waals surface area contributed by atoms with Crippen LogP contribution < -0.4 is 0 Å². The Labute approximate surface area is 360 Å². The third-order valence-electron chi connectivity index (χ3n) is 12.7. The van der Waals surface area contributed by atoms with Crippen molar-refractivity contribution in [3.63, 3.8) is 0 Å². The van der Waals surface area contributed by atoms with Gasteiger partial charge in [0, 0.05) is 22.3 Å². The second-order valence-corrected chi connectivity index (χ2v) is 16.1. The van der Waals surface area contributed by atoms with Crippen LogP contribution >= 0.6 is 0 Å². The minimum Gasteiger partial charge on any atom is -0.211 e. The second-order valence-electron chi connectivity index (χ2n) is 16.1. The van der Waals surface area contributed by atoms with Gasteiger partial charge >= 0.3 is 0 Å². The largest absolute Gasteiger partial charge is 0.211 e. The molecule has 0 N–H and O–H groups in total. The first-order valence-electron chi connectivity index (χ1n) is 21.2. The van der Waals surface area contributed by atoms with Crippen LogP contribution in [0.2, 0.25) is 0 Å². The first-order chi connectivity index (χ1) is 30.7. The Kier molecular flexibility index (Phi) is 8.32. The SMILES string of the molecule is C1=CC(c2nc(-c3ccccc3)nc(C34c5ccccc5C(c5nc(-c6ccccc6)nc(-c6cccc(-c7ccccc7)c6)n5)(c5ccccc53)c3ccccc34)n2)=CCC1. The van der Waals surface area contributed by atoms with Crippen molar-refractivity contribution in [2.75, 3.05) is 0 Å². The molecule has 2 aromatic heterocycles. The van der Waals surface area contributed by atoms with Gasteiger partial charge in [0.2, 0.25) is 0 Å². The molecule has 7 aromatic carbocycles. The predicted octanol–water partition coefficient (Wildman–Crippen LogP) is 11.9. The summed E-state index contributed by atoms with van der Waals surface area (Å²) in [4.78, 5) is 32.6. The summed E-state index contributed by atoms with van der Waals surface area (Å²) in [5, 5.41) is 0. The lowest BCUT2D eigenvalue weighted by atomic mass is 9.46. The van der Waals surface area contributed by atoms with E-state index in [0.29, 0.717) is 34.9 Å². The number of aromatic nitrogens is 6. The molecule has 9 aromatic rings. The van der Waals surface area contributed by atoms with Gasteiger partial charge in [0.1, 0.15) is 10.8 Å². The fourth-order valence-electron chi connectivity index (χ4n) is 10.0. The van der Waals surface area contributed by atoms with E-state index >= 15 is 0 Å². The summed E-state index contributed by atoms with van der Waals surface area (Å²) in [5.41, 5.74) is 10.7. The Morgan fingerprint density at radius 3 is 1.13 bits per heavy atom. The zero-order valence-electron chi connectivity index (χ0n) is 33.7. The van der Waals surface area contributed by atoms with Crippen LogP contribution in [-0.2, 0) is 10.8 Å². The molecule has 0 saturated heterocycles. The highest BCUT2D eigenvalue weighted by atomic mass is 15.1. The van der Waals surface area contributed by atoms with Crippen molar-refractivity contribution in [2.24, 2.45) is 0 Å². The van der Waals surface area contributed by atoms with E-state index in [1.807, 2.05) is 42.5 Å². The van der Waals surface area contributed by atoms with Crippen molar-refractivity contribution in [3.05, 3.63) is 257 Å². The lowest BCUT2D eigenvalue weighted by molar-refractivity contribution is 0.516. The van der Waals surface area contributed by atoms with Crippen LogP contribution in [0, 0.1) is 0 Å².